The molecule has 0 saturated carbocycles. The number of carbonyl (C=O) groups excluding carboxylic acids is 1. The number of rotatable bonds is 4. The van der Waals surface area contributed by atoms with Crippen LogP contribution in [0.5, 0.6) is 6.01 Å². The lowest BCUT2D eigenvalue weighted by Gasteiger charge is -2.07. The summed E-state index contributed by atoms with van der Waals surface area (Å²) in [6, 6.07) is 0.277. The Morgan fingerprint density at radius 3 is 2.67 bits per heavy atom. The standard InChI is InChI=1S/C9H12BrN3O2/c1-3-7(10)8(14)13-6-4-11-9(15-2)12-5-6/h4-5,7H,3H2,1-2H3,(H,13,14). The molecule has 1 amide bonds. The van der Waals surface area contributed by atoms with Gasteiger partial charge in [-0.2, -0.15) is 0 Å². The second kappa shape index (κ2) is 5.65. The van der Waals surface area contributed by atoms with Crippen molar-refractivity contribution in [1.82, 2.24) is 9.97 Å². The van der Waals surface area contributed by atoms with Gasteiger partial charge in [-0.25, -0.2) is 9.97 Å². The van der Waals surface area contributed by atoms with Crippen molar-refractivity contribution in [2.45, 2.75) is 18.2 Å². The maximum atomic E-state index is 11.5. The number of hydrogen-bond acceptors (Lipinski definition) is 4. The monoisotopic (exact) mass is 273 g/mol. The number of nitrogens with one attached hydrogen (secondary N) is 1. The van der Waals surface area contributed by atoms with Crippen LogP contribution < -0.4 is 10.1 Å². The first-order chi connectivity index (χ1) is 7.17. The molecule has 15 heavy (non-hydrogen) atoms. The summed E-state index contributed by atoms with van der Waals surface area (Å²) in [5.41, 5.74) is 0.554. The molecule has 0 fully saturated rings. The highest BCUT2D eigenvalue weighted by Crippen LogP contribution is 2.10. The Balaban J connectivity index is 2.61. The number of methoxy groups -OCH3 is 1. The first kappa shape index (κ1) is 11.9. The Bertz CT molecular complexity index is 329. The highest BCUT2D eigenvalue weighted by Gasteiger charge is 2.12. The molecule has 1 aromatic rings. The Labute approximate surface area is 96.4 Å². The third-order valence-corrected chi connectivity index (χ3v) is 2.78. The van der Waals surface area contributed by atoms with E-state index < -0.39 is 0 Å². The maximum absolute atomic E-state index is 11.5. The number of aromatic nitrogens is 2. The average Bonchev–Trinajstić information content (AvgIpc) is 2.29. The zero-order valence-electron chi connectivity index (χ0n) is 8.53. The van der Waals surface area contributed by atoms with E-state index in [2.05, 4.69) is 31.2 Å². The fourth-order valence-electron chi connectivity index (χ4n) is 0.892. The van der Waals surface area contributed by atoms with Gasteiger partial charge in [0.2, 0.25) is 5.91 Å². The number of alkyl halides is 1. The van der Waals surface area contributed by atoms with E-state index >= 15 is 0 Å². The number of amides is 1. The molecule has 1 rings (SSSR count). The van der Waals surface area contributed by atoms with Gasteiger partial charge in [0.1, 0.15) is 0 Å². The number of halogens is 1. The first-order valence-corrected chi connectivity index (χ1v) is 5.40. The number of carbonyl (C=O) groups is 1. The molecule has 0 aliphatic rings. The average molecular weight is 274 g/mol. The maximum Gasteiger partial charge on any atom is 0.316 e. The zero-order valence-corrected chi connectivity index (χ0v) is 10.1. The van der Waals surface area contributed by atoms with Crippen molar-refractivity contribution >= 4 is 27.5 Å². The lowest BCUT2D eigenvalue weighted by atomic mass is 10.3. The van der Waals surface area contributed by atoms with E-state index in [9.17, 15) is 4.79 Å². The summed E-state index contributed by atoms with van der Waals surface area (Å²) in [5, 5.41) is 2.68. The molecule has 1 heterocycles. The molecule has 0 spiro atoms. The second-order valence-corrected chi connectivity index (χ2v) is 3.93. The number of nitrogens with zero attached hydrogens (tertiary/aromatic N) is 2. The minimum atomic E-state index is -0.195. The van der Waals surface area contributed by atoms with Crippen molar-refractivity contribution in [3.05, 3.63) is 12.4 Å². The van der Waals surface area contributed by atoms with Crippen LogP contribution in [0.15, 0.2) is 12.4 Å². The van der Waals surface area contributed by atoms with E-state index in [0.717, 1.165) is 6.42 Å². The van der Waals surface area contributed by atoms with E-state index in [1.54, 1.807) is 0 Å². The molecule has 1 unspecified atom stereocenters. The lowest BCUT2D eigenvalue weighted by molar-refractivity contribution is -0.115. The Hall–Kier alpha value is -1.17. The van der Waals surface area contributed by atoms with Crippen LogP contribution in [0.25, 0.3) is 0 Å². The van der Waals surface area contributed by atoms with Crippen LogP contribution in [-0.2, 0) is 4.79 Å². The molecule has 0 aromatic carbocycles. The smallest absolute Gasteiger partial charge is 0.316 e. The van der Waals surface area contributed by atoms with Gasteiger partial charge in [-0.15, -0.1) is 0 Å². The van der Waals surface area contributed by atoms with Gasteiger partial charge in [0, 0.05) is 0 Å². The van der Waals surface area contributed by atoms with Crippen LogP contribution >= 0.6 is 15.9 Å². The minimum absolute atomic E-state index is 0.105. The molecule has 82 valence electrons. The molecule has 0 bridgehead atoms. The van der Waals surface area contributed by atoms with Crippen LogP contribution in [0.4, 0.5) is 5.69 Å². The summed E-state index contributed by atoms with van der Waals surface area (Å²) in [7, 11) is 1.49. The summed E-state index contributed by atoms with van der Waals surface area (Å²) in [6.45, 7) is 1.92. The Morgan fingerprint density at radius 2 is 2.20 bits per heavy atom. The molecule has 0 aliphatic carbocycles. The van der Waals surface area contributed by atoms with Gasteiger partial charge in [-0.3, -0.25) is 4.79 Å². The van der Waals surface area contributed by atoms with Crippen LogP contribution in [0.2, 0.25) is 0 Å². The lowest BCUT2D eigenvalue weighted by Crippen LogP contribution is -2.22. The first-order valence-electron chi connectivity index (χ1n) is 4.48. The third kappa shape index (κ3) is 3.47. The number of ether oxygens (including phenoxy) is 1. The second-order valence-electron chi connectivity index (χ2n) is 2.82. The van der Waals surface area contributed by atoms with E-state index in [4.69, 9.17) is 4.74 Å². The van der Waals surface area contributed by atoms with E-state index in [1.807, 2.05) is 6.92 Å². The van der Waals surface area contributed by atoms with Crippen molar-refractivity contribution in [3.8, 4) is 6.01 Å². The van der Waals surface area contributed by atoms with E-state index in [-0.39, 0.29) is 16.7 Å². The highest BCUT2D eigenvalue weighted by atomic mass is 79.9. The Kier molecular flexibility index (Phi) is 4.48. The van der Waals surface area contributed by atoms with Crippen molar-refractivity contribution in [3.63, 3.8) is 0 Å². The molecule has 1 atom stereocenters. The van der Waals surface area contributed by atoms with Gasteiger partial charge >= 0.3 is 6.01 Å². The van der Waals surface area contributed by atoms with Crippen LogP contribution in [0.1, 0.15) is 13.3 Å². The number of hydrogen-bond donors (Lipinski definition) is 1. The van der Waals surface area contributed by atoms with Gasteiger partial charge < -0.3 is 10.1 Å². The predicted octanol–water partition coefficient (Wildman–Crippen LogP) is 1.60. The predicted molar refractivity (Wildman–Crippen MR) is 60.2 cm³/mol. The molecule has 0 saturated heterocycles. The van der Waals surface area contributed by atoms with Crippen LogP contribution in [0.3, 0.4) is 0 Å². The largest absolute Gasteiger partial charge is 0.467 e. The van der Waals surface area contributed by atoms with Crippen molar-refractivity contribution in [2.75, 3.05) is 12.4 Å². The van der Waals surface area contributed by atoms with E-state index in [0.29, 0.717) is 5.69 Å². The zero-order chi connectivity index (χ0) is 11.3. The van der Waals surface area contributed by atoms with Gasteiger partial charge in [0.05, 0.1) is 30.0 Å². The summed E-state index contributed by atoms with van der Waals surface area (Å²) >= 11 is 3.25. The molecule has 1 aromatic heterocycles. The van der Waals surface area contributed by atoms with Crippen molar-refractivity contribution in [1.29, 1.82) is 0 Å². The van der Waals surface area contributed by atoms with Gasteiger partial charge in [-0.1, -0.05) is 22.9 Å². The molecule has 1 N–H and O–H groups in total. The van der Waals surface area contributed by atoms with Crippen LogP contribution in [0, 0.1) is 0 Å². The molecule has 6 heteroatoms. The molecular weight excluding hydrogens is 262 g/mol. The minimum Gasteiger partial charge on any atom is -0.467 e. The molecule has 0 radical (unpaired) electrons. The third-order valence-electron chi connectivity index (χ3n) is 1.72. The number of anilines is 1. The van der Waals surface area contributed by atoms with Gasteiger partial charge in [-0.05, 0) is 6.42 Å². The van der Waals surface area contributed by atoms with Gasteiger partial charge in [0.25, 0.3) is 0 Å². The summed E-state index contributed by atoms with van der Waals surface area (Å²) < 4.78 is 4.80. The fraction of sp³-hybridized carbons (Fsp3) is 0.444. The van der Waals surface area contributed by atoms with E-state index in [1.165, 1.54) is 19.5 Å². The summed E-state index contributed by atoms with van der Waals surface area (Å²) in [4.78, 5) is 19.0. The quantitative estimate of drug-likeness (QED) is 0.847. The normalized spacial score (nSPS) is 11.9. The van der Waals surface area contributed by atoms with Crippen molar-refractivity contribution < 1.29 is 9.53 Å². The molecule has 5 nitrogen and oxygen atoms in total. The fourth-order valence-corrected chi connectivity index (χ4v) is 1.01. The molecule has 0 aliphatic heterocycles. The van der Waals surface area contributed by atoms with Crippen LogP contribution in [-0.4, -0.2) is 27.8 Å². The SMILES string of the molecule is CCC(Br)C(=O)Nc1cnc(OC)nc1. The summed E-state index contributed by atoms with van der Waals surface area (Å²) in [6.07, 6.45) is 3.72. The highest BCUT2D eigenvalue weighted by molar-refractivity contribution is 9.10. The Morgan fingerprint density at radius 1 is 1.60 bits per heavy atom. The molecular formula is C9H12BrN3O2. The van der Waals surface area contributed by atoms with Crippen molar-refractivity contribution in [2.24, 2.45) is 0 Å². The topological polar surface area (TPSA) is 64.1 Å². The van der Waals surface area contributed by atoms with Gasteiger partial charge in [0.15, 0.2) is 0 Å². The summed E-state index contributed by atoms with van der Waals surface area (Å²) in [5.74, 6) is -0.105.